The highest BCUT2D eigenvalue weighted by molar-refractivity contribution is 9.10. The second kappa shape index (κ2) is 5.88. The first-order valence-electron chi connectivity index (χ1n) is 4.80. The summed E-state index contributed by atoms with van der Waals surface area (Å²) in [6.45, 7) is 1.95. The quantitative estimate of drug-likeness (QED) is 0.880. The number of amides is 1. The summed E-state index contributed by atoms with van der Waals surface area (Å²) in [5, 5.41) is 11.5. The summed E-state index contributed by atoms with van der Waals surface area (Å²) in [4.78, 5) is 11.7. The summed E-state index contributed by atoms with van der Waals surface area (Å²) in [7, 11) is 0. The van der Waals surface area contributed by atoms with E-state index in [1.807, 2.05) is 19.1 Å². The lowest BCUT2D eigenvalue weighted by atomic mass is 10.2. The zero-order valence-electron chi connectivity index (χ0n) is 8.53. The lowest BCUT2D eigenvalue weighted by Crippen LogP contribution is -2.33. The Bertz CT molecular complexity index is 341. The fourth-order valence-electron chi connectivity index (χ4n) is 1.20. The molecule has 0 aliphatic rings. The molecular weight excluding hydrogens is 258 g/mol. The van der Waals surface area contributed by atoms with Gasteiger partial charge in [-0.2, -0.15) is 0 Å². The van der Waals surface area contributed by atoms with E-state index in [1.165, 1.54) is 0 Å². The second-order valence-electron chi connectivity index (χ2n) is 3.40. The fourth-order valence-corrected chi connectivity index (χ4v) is 1.60. The van der Waals surface area contributed by atoms with Gasteiger partial charge < -0.3 is 10.4 Å². The van der Waals surface area contributed by atoms with Gasteiger partial charge in [0, 0.05) is 22.7 Å². The molecule has 15 heavy (non-hydrogen) atoms. The van der Waals surface area contributed by atoms with Crippen LogP contribution in [-0.2, 0) is 0 Å². The Morgan fingerprint density at radius 2 is 2.33 bits per heavy atom. The number of nitrogens with one attached hydrogen (secondary N) is 1. The van der Waals surface area contributed by atoms with Gasteiger partial charge in [0.2, 0.25) is 0 Å². The highest BCUT2D eigenvalue weighted by Crippen LogP contribution is 2.11. The average Bonchev–Trinajstić information content (AvgIpc) is 2.18. The van der Waals surface area contributed by atoms with E-state index in [-0.39, 0.29) is 18.6 Å². The highest BCUT2D eigenvalue weighted by Gasteiger charge is 2.08. The zero-order valence-corrected chi connectivity index (χ0v) is 10.1. The van der Waals surface area contributed by atoms with E-state index >= 15 is 0 Å². The number of aliphatic hydroxyl groups is 1. The van der Waals surface area contributed by atoms with Crippen molar-refractivity contribution >= 4 is 21.8 Å². The van der Waals surface area contributed by atoms with Crippen molar-refractivity contribution in [2.45, 2.75) is 19.4 Å². The van der Waals surface area contributed by atoms with Gasteiger partial charge in [-0.05, 0) is 31.5 Å². The fraction of sp³-hybridized carbons (Fsp3) is 0.364. The molecule has 2 N–H and O–H groups in total. The number of aliphatic hydroxyl groups excluding tert-OH is 1. The maximum Gasteiger partial charge on any atom is 0.251 e. The molecule has 1 amide bonds. The maximum absolute atomic E-state index is 11.7. The first kappa shape index (κ1) is 12.2. The molecular formula is C11H14BrNO2. The predicted molar refractivity (Wildman–Crippen MR) is 62.8 cm³/mol. The lowest BCUT2D eigenvalue weighted by Gasteiger charge is -2.12. The number of carbonyl (C=O) groups excluding carboxylic acids is 1. The molecule has 0 spiro atoms. The number of rotatable bonds is 4. The summed E-state index contributed by atoms with van der Waals surface area (Å²) >= 11 is 3.31. The van der Waals surface area contributed by atoms with Crippen molar-refractivity contribution in [1.82, 2.24) is 5.32 Å². The van der Waals surface area contributed by atoms with Crippen LogP contribution in [0, 0.1) is 0 Å². The van der Waals surface area contributed by atoms with Crippen LogP contribution in [0.25, 0.3) is 0 Å². The van der Waals surface area contributed by atoms with Crippen LogP contribution in [0.2, 0.25) is 0 Å². The Labute approximate surface area is 97.6 Å². The van der Waals surface area contributed by atoms with Crippen LogP contribution in [0.1, 0.15) is 23.7 Å². The first-order valence-corrected chi connectivity index (χ1v) is 5.60. The van der Waals surface area contributed by atoms with E-state index in [2.05, 4.69) is 21.2 Å². The van der Waals surface area contributed by atoms with Crippen LogP contribution >= 0.6 is 15.9 Å². The van der Waals surface area contributed by atoms with Gasteiger partial charge in [-0.15, -0.1) is 0 Å². The third-order valence-corrected chi connectivity index (χ3v) is 2.52. The molecule has 4 heteroatoms. The molecule has 0 aliphatic heterocycles. The monoisotopic (exact) mass is 271 g/mol. The van der Waals surface area contributed by atoms with Crippen molar-refractivity contribution in [2.24, 2.45) is 0 Å². The average molecular weight is 272 g/mol. The lowest BCUT2D eigenvalue weighted by molar-refractivity contribution is 0.0934. The van der Waals surface area contributed by atoms with Crippen molar-refractivity contribution in [3.63, 3.8) is 0 Å². The summed E-state index contributed by atoms with van der Waals surface area (Å²) in [5.74, 6) is -0.114. The van der Waals surface area contributed by atoms with Gasteiger partial charge in [0.05, 0.1) is 0 Å². The van der Waals surface area contributed by atoms with E-state index < -0.39 is 0 Å². The second-order valence-corrected chi connectivity index (χ2v) is 4.31. The summed E-state index contributed by atoms with van der Waals surface area (Å²) in [5.41, 5.74) is 0.620. The number of hydrogen-bond acceptors (Lipinski definition) is 2. The minimum atomic E-state index is -0.114. The van der Waals surface area contributed by atoms with Crippen LogP contribution in [0.3, 0.4) is 0 Å². The number of benzene rings is 1. The Kier molecular flexibility index (Phi) is 4.78. The molecule has 0 radical (unpaired) electrons. The maximum atomic E-state index is 11.7. The van der Waals surface area contributed by atoms with E-state index in [1.54, 1.807) is 12.1 Å². The molecule has 1 unspecified atom stereocenters. The third kappa shape index (κ3) is 4.01. The molecule has 1 atom stereocenters. The van der Waals surface area contributed by atoms with Gasteiger partial charge in [-0.3, -0.25) is 4.79 Å². The molecule has 0 heterocycles. The first-order chi connectivity index (χ1) is 7.13. The SMILES string of the molecule is CC(CCO)NC(=O)c1cccc(Br)c1. The summed E-state index contributed by atoms with van der Waals surface area (Å²) in [6, 6.07) is 7.19. The van der Waals surface area contributed by atoms with Crippen LogP contribution in [0.4, 0.5) is 0 Å². The molecule has 3 nitrogen and oxygen atoms in total. The summed E-state index contributed by atoms with van der Waals surface area (Å²) < 4.78 is 0.880. The van der Waals surface area contributed by atoms with Crippen LogP contribution in [0.15, 0.2) is 28.7 Å². The Morgan fingerprint density at radius 3 is 2.93 bits per heavy atom. The third-order valence-electron chi connectivity index (χ3n) is 2.03. The van der Waals surface area contributed by atoms with Crippen molar-refractivity contribution in [2.75, 3.05) is 6.61 Å². The largest absolute Gasteiger partial charge is 0.396 e. The number of hydrogen-bond donors (Lipinski definition) is 2. The van der Waals surface area contributed by atoms with Crippen molar-refractivity contribution < 1.29 is 9.90 Å². The minimum absolute atomic E-state index is 0.0125. The van der Waals surface area contributed by atoms with E-state index in [0.29, 0.717) is 12.0 Å². The van der Waals surface area contributed by atoms with E-state index in [9.17, 15) is 4.79 Å². The van der Waals surface area contributed by atoms with E-state index in [4.69, 9.17) is 5.11 Å². The molecule has 1 aromatic rings. The van der Waals surface area contributed by atoms with Gasteiger partial charge in [0.1, 0.15) is 0 Å². The molecule has 82 valence electrons. The van der Waals surface area contributed by atoms with Crippen LogP contribution in [-0.4, -0.2) is 23.7 Å². The Morgan fingerprint density at radius 1 is 1.60 bits per heavy atom. The predicted octanol–water partition coefficient (Wildman–Crippen LogP) is 1.95. The summed E-state index contributed by atoms with van der Waals surface area (Å²) in [6.07, 6.45) is 0.569. The topological polar surface area (TPSA) is 49.3 Å². The molecule has 0 aliphatic carbocycles. The van der Waals surface area contributed by atoms with Gasteiger partial charge >= 0.3 is 0 Å². The molecule has 0 fully saturated rings. The molecule has 0 bridgehead atoms. The smallest absolute Gasteiger partial charge is 0.251 e. The van der Waals surface area contributed by atoms with Crippen molar-refractivity contribution in [3.05, 3.63) is 34.3 Å². The minimum Gasteiger partial charge on any atom is -0.396 e. The molecule has 0 aromatic heterocycles. The number of halogens is 1. The highest BCUT2D eigenvalue weighted by atomic mass is 79.9. The van der Waals surface area contributed by atoms with Crippen molar-refractivity contribution in [3.8, 4) is 0 Å². The van der Waals surface area contributed by atoms with E-state index in [0.717, 1.165) is 4.47 Å². The van der Waals surface area contributed by atoms with Gasteiger partial charge in [-0.25, -0.2) is 0 Å². The van der Waals surface area contributed by atoms with Gasteiger partial charge in [0.15, 0.2) is 0 Å². The number of carbonyl (C=O) groups is 1. The standard InChI is InChI=1S/C11H14BrNO2/c1-8(5-6-14)13-11(15)9-3-2-4-10(12)7-9/h2-4,7-8,14H,5-6H2,1H3,(H,13,15). The van der Waals surface area contributed by atoms with Gasteiger partial charge in [-0.1, -0.05) is 22.0 Å². The molecule has 1 rings (SSSR count). The van der Waals surface area contributed by atoms with Crippen molar-refractivity contribution in [1.29, 1.82) is 0 Å². The zero-order chi connectivity index (χ0) is 11.3. The van der Waals surface area contributed by atoms with Gasteiger partial charge in [0.25, 0.3) is 5.91 Å². The van der Waals surface area contributed by atoms with Crippen LogP contribution in [0.5, 0.6) is 0 Å². The Hall–Kier alpha value is -0.870. The normalized spacial score (nSPS) is 12.2. The molecule has 1 aromatic carbocycles. The molecule has 0 saturated carbocycles. The Balaban J connectivity index is 2.61. The molecule has 0 saturated heterocycles. The van der Waals surface area contributed by atoms with Crippen LogP contribution < -0.4 is 5.32 Å².